The van der Waals surface area contributed by atoms with Crippen molar-refractivity contribution in [1.82, 2.24) is 29.0 Å². The second-order valence-corrected chi connectivity index (χ2v) is 12.7. The third-order valence-electron chi connectivity index (χ3n) is 7.77. The number of aromatic nitrogens is 4. The van der Waals surface area contributed by atoms with Crippen molar-refractivity contribution < 1.29 is 13.2 Å². The van der Waals surface area contributed by atoms with Crippen LogP contribution in [0.3, 0.4) is 0 Å². The number of fused-ring (bicyclic) bond motifs is 1. The molecule has 0 aliphatic carbocycles. The van der Waals surface area contributed by atoms with E-state index in [1.165, 1.54) is 27.2 Å². The molecule has 41 heavy (non-hydrogen) atoms. The van der Waals surface area contributed by atoms with Crippen LogP contribution >= 0.6 is 0 Å². The van der Waals surface area contributed by atoms with E-state index in [1.54, 1.807) is 47.4 Å². The number of sulfonamides is 1. The quantitative estimate of drug-likeness (QED) is 0.336. The molecule has 1 fully saturated rings. The minimum atomic E-state index is -3.67. The van der Waals surface area contributed by atoms with Gasteiger partial charge in [-0.25, -0.2) is 25.0 Å². The highest BCUT2D eigenvalue weighted by atomic mass is 32.2. The van der Waals surface area contributed by atoms with Crippen LogP contribution in [0.5, 0.6) is 11.6 Å². The van der Waals surface area contributed by atoms with E-state index < -0.39 is 15.6 Å². The van der Waals surface area contributed by atoms with Crippen molar-refractivity contribution in [1.29, 1.82) is 0 Å². The molecule has 2 aliphatic heterocycles. The first kappa shape index (κ1) is 26.9. The fourth-order valence-corrected chi connectivity index (χ4v) is 7.14. The van der Waals surface area contributed by atoms with E-state index in [4.69, 9.17) is 17.0 Å². The molecule has 0 atom stereocenters. The van der Waals surface area contributed by atoms with E-state index in [0.717, 1.165) is 25.1 Å². The third kappa shape index (κ3) is 4.93. The van der Waals surface area contributed by atoms with Crippen molar-refractivity contribution in [3.63, 3.8) is 0 Å². The van der Waals surface area contributed by atoms with Crippen molar-refractivity contribution in [2.45, 2.75) is 30.3 Å². The molecule has 210 valence electrons. The summed E-state index contributed by atoms with van der Waals surface area (Å²) in [5, 5.41) is 4.42. The highest BCUT2D eigenvalue weighted by Gasteiger charge is 2.53. The number of rotatable bonds is 7. The zero-order chi connectivity index (χ0) is 28.8. The minimum Gasteiger partial charge on any atom is -0.433 e. The van der Waals surface area contributed by atoms with Gasteiger partial charge in [0.15, 0.2) is 17.1 Å². The van der Waals surface area contributed by atoms with Gasteiger partial charge in [0, 0.05) is 31.7 Å². The van der Waals surface area contributed by atoms with Crippen LogP contribution in [0.25, 0.3) is 16.1 Å². The van der Waals surface area contributed by atoms with Gasteiger partial charge in [0.1, 0.15) is 0 Å². The molecule has 12 heteroatoms. The lowest BCUT2D eigenvalue weighted by atomic mass is 9.92. The summed E-state index contributed by atoms with van der Waals surface area (Å²) in [4.78, 5) is 15.1. The number of likely N-dealkylation sites (N-methyl/N-ethyl adjacent to an activating group) is 1. The maximum atomic E-state index is 13.0. The first-order chi connectivity index (χ1) is 19.7. The largest absolute Gasteiger partial charge is 0.433 e. The van der Waals surface area contributed by atoms with Gasteiger partial charge in [-0.15, -0.1) is 0 Å². The number of ether oxygens (including phenoxy) is 1. The molecule has 0 amide bonds. The van der Waals surface area contributed by atoms with E-state index in [2.05, 4.69) is 50.9 Å². The van der Waals surface area contributed by atoms with E-state index in [0.29, 0.717) is 11.4 Å². The molecule has 0 saturated carbocycles. The van der Waals surface area contributed by atoms with Crippen LogP contribution < -0.4 is 10.5 Å². The van der Waals surface area contributed by atoms with E-state index in [9.17, 15) is 8.42 Å². The van der Waals surface area contributed by atoms with E-state index in [-0.39, 0.29) is 36.2 Å². The summed E-state index contributed by atoms with van der Waals surface area (Å²) in [6.07, 6.45) is 5.81. The third-order valence-corrected chi connectivity index (χ3v) is 9.57. The highest BCUT2D eigenvalue weighted by molar-refractivity contribution is 7.89. The van der Waals surface area contributed by atoms with Crippen LogP contribution in [0, 0.1) is 13.5 Å². The number of hydrogen-bond acceptors (Lipinski definition) is 8. The zero-order valence-electron chi connectivity index (χ0n) is 22.9. The van der Waals surface area contributed by atoms with E-state index in [1.807, 2.05) is 0 Å². The summed E-state index contributed by atoms with van der Waals surface area (Å²) in [6, 6.07) is 12.5. The Hall–Kier alpha value is -4.31. The number of nitrogen functional groups attached to an aromatic ring is 1. The topological polar surface area (TPSA) is 124 Å². The van der Waals surface area contributed by atoms with Gasteiger partial charge in [0.05, 0.1) is 29.2 Å². The molecule has 4 heterocycles. The Morgan fingerprint density at radius 2 is 1.95 bits per heavy atom. The fourth-order valence-electron chi connectivity index (χ4n) is 5.52. The summed E-state index contributed by atoms with van der Waals surface area (Å²) in [5.74, 6) is 0.645. The van der Waals surface area contributed by atoms with Crippen LogP contribution in [-0.4, -0.2) is 70.6 Å². The monoisotopic (exact) mass is 570 g/mol. The zero-order valence-corrected chi connectivity index (χ0v) is 23.7. The number of aryl methyl sites for hydroxylation is 1. The number of hydrogen-bond donors (Lipinski definition) is 1. The minimum absolute atomic E-state index is 0.0687. The molecular formula is C29H30N8O3S. The Kier molecular flexibility index (Phi) is 6.73. The lowest BCUT2D eigenvalue weighted by Crippen LogP contribution is -2.65. The van der Waals surface area contributed by atoms with Crippen molar-refractivity contribution in [2.24, 2.45) is 0 Å². The summed E-state index contributed by atoms with van der Waals surface area (Å²) >= 11 is 0. The molecule has 2 aromatic heterocycles. The SMILES string of the molecule is [C-]#[N+]CC1(n2cc(Oc3nc(-c4cc(C)c5c(c4)CN(C)CC5)cnc3N)cn2)CN(S(=O)(=O)c2ccccc2)C1. The molecular weight excluding hydrogens is 540 g/mol. The van der Waals surface area contributed by atoms with Crippen LogP contribution in [0.2, 0.25) is 0 Å². The molecule has 0 radical (unpaired) electrons. The van der Waals surface area contributed by atoms with Crippen LogP contribution in [0.1, 0.15) is 16.7 Å². The Morgan fingerprint density at radius 1 is 1.17 bits per heavy atom. The Bertz CT molecular complexity index is 1760. The summed E-state index contributed by atoms with van der Waals surface area (Å²) in [6.45, 7) is 11.8. The molecule has 2 aliphatic rings. The normalized spacial score (nSPS) is 16.9. The molecule has 0 bridgehead atoms. The predicted molar refractivity (Wildman–Crippen MR) is 154 cm³/mol. The second-order valence-electron chi connectivity index (χ2n) is 10.7. The van der Waals surface area contributed by atoms with Gasteiger partial charge in [0.2, 0.25) is 16.6 Å². The molecule has 11 nitrogen and oxygen atoms in total. The van der Waals surface area contributed by atoms with E-state index >= 15 is 0 Å². The standard InChI is InChI=1S/C29H30N8O3S/c1-20-11-21(12-22-15-35(3)10-9-25(20)22)26-14-32-27(30)28(34-26)40-23-13-33-37(16-23)29(17-31-2)18-36(19-29)41(38,39)24-7-5-4-6-8-24/h4-8,11-14,16H,9-10,15,17-19H2,1,3H3,(H2,30,32). The Labute approximate surface area is 239 Å². The van der Waals surface area contributed by atoms with Gasteiger partial charge in [0.25, 0.3) is 5.88 Å². The first-order valence-electron chi connectivity index (χ1n) is 13.2. The van der Waals surface area contributed by atoms with Gasteiger partial charge in [-0.2, -0.15) is 9.40 Å². The fraction of sp³-hybridized carbons (Fsp3) is 0.310. The molecule has 2 aromatic carbocycles. The van der Waals surface area contributed by atoms with Gasteiger partial charge in [-0.3, -0.25) is 4.68 Å². The number of nitrogens with zero attached hydrogens (tertiary/aromatic N) is 7. The van der Waals surface area contributed by atoms with Crippen molar-refractivity contribution in [3.8, 4) is 22.9 Å². The summed E-state index contributed by atoms with van der Waals surface area (Å²) in [5.41, 5.74) is 10.8. The Morgan fingerprint density at radius 3 is 2.71 bits per heavy atom. The first-order valence-corrected chi connectivity index (χ1v) is 14.7. The maximum absolute atomic E-state index is 13.0. The van der Waals surface area contributed by atoms with Crippen molar-refractivity contribution in [2.75, 3.05) is 39.0 Å². The van der Waals surface area contributed by atoms with Gasteiger partial charge >= 0.3 is 0 Å². The molecule has 4 aromatic rings. The van der Waals surface area contributed by atoms with Gasteiger partial charge < -0.3 is 20.2 Å². The maximum Gasteiger partial charge on any atom is 0.263 e. The average molecular weight is 571 g/mol. The van der Waals surface area contributed by atoms with Crippen molar-refractivity contribution in [3.05, 3.63) is 89.2 Å². The average Bonchev–Trinajstić information content (AvgIpc) is 3.40. The predicted octanol–water partition coefficient (Wildman–Crippen LogP) is 3.33. The molecule has 2 N–H and O–H groups in total. The lowest BCUT2D eigenvalue weighted by molar-refractivity contribution is 0.0830. The lowest BCUT2D eigenvalue weighted by Gasteiger charge is -2.45. The Balaban J connectivity index is 1.23. The molecule has 1 saturated heterocycles. The number of nitrogens with two attached hydrogens (primary N) is 1. The molecule has 6 rings (SSSR count). The number of anilines is 1. The van der Waals surface area contributed by atoms with Crippen LogP contribution in [0.15, 0.2) is 66.0 Å². The van der Waals surface area contributed by atoms with Crippen molar-refractivity contribution >= 4 is 15.8 Å². The second kappa shape index (κ2) is 10.3. The van der Waals surface area contributed by atoms with Gasteiger partial charge in [-0.05, 0) is 61.3 Å². The summed E-state index contributed by atoms with van der Waals surface area (Å²) < 4.78 is 35.1. The number of benzene rings is 2. The summed E-state index contributed by atoms with van der Waals surface area (Å²) in [7, 11) is -1.55. The molecule has 0 spiro atoms. The van der Waals surface area contributed by atoms with Gasteiger partial charge in [-0.1, -0.05) is 18.2 Å². The smallest absolute Gasteiger partial charge is 0.263 e. The molecule has 0 unspecified atom stereocenters. The van der Waals surface area contributed by atoms with Crippen LogP contribution in [-0.2, 0) is 28.5 Å². The highest BCUT2D eigenvalue weighted by Crippen LogP contribution is 2.36. The van der Waals surface area contributed by atoms with Crippen LogP contribution in [0.4, 0.5) is 5.82 Å².